The molecule has 0 aromatic heterocycles. The summed E-state index contributed by atoms with van der Waals surface area (Å²) in [6.45, 7) is 0.840. The van der Waals surface area contributed by atoms with Gasteiger partial charge in [-0.25, -0.2) is 0 Å². The summed E-state index contributed by atoms with van der Waals surface area (Å²) in [5.74, 6) is 1.49. The second-order valence-electron chi connectivity index (χ2n) is 5.90. The Hall–Kier alpha value is -1.09. The largest absolute Gasteiger partial charge is 0.356 e. The highest BCUT2D eigenvalue weighted by Gasteiger charge is 2.43. The minimum absolute atomic E-state index is 0.190. The topological polar surface area (TPSA) is 29.1 Å². The fourth-order valence-electron chi connectivity index (χ4n) is 2.98. The minimum Gasteiger partial charge on any atom is -0.356 e. The minimum atomic E-state index is 0.190. The van der Waals surface area contributed by atoms with Crippen LogP contribution in [0.3, 0.4) is 0 Å². The Kier molecular flexibility index (Phi) is 4.25. The number of nitrogens with one attached hydrogen (secondary N) is 1. The van der Waals surface area contributed by atoms with Gasteiger partial charge in [-0.15, -0.1) is 0 Å². The highest BCUT2D eigenvalue weighted by Crippen LogP contribution is 2.47. The maximum absolute atomic E-state index is 12.2. The van der Waals surface area contributed by atoms with Crippen LogP contribution >= 0.6 is 15.9 Å². The lowest BCUT2D eigenvalue weighted by molar-refractivity contribution is -0.122. The quantitative estimate of drug-likeness (QED) is 0.828. The summed E-state index contributed by atoms with van der Waals surface area (Å²) < 4.78 is 1.09. The average molecular weight is 334 g/mol. The van der Waals surface area contributed by atoms with Crippen molar-refractivity contribution in [3.8, 4) is 0 Å². The second kappa shape index (κ2) is 6.13. The average Bonchev–Trinajstić information content (AvgIpc) is 3.27. The van der Waals surface area contributed by atoms with E-state index in [1.54, 1.807) is 0 Å². The summed E-state index contributed by atoms with van der Waals surface area (Å²) in [6.07, 6.45) is 8.95. The summed E-state index contributed by atoms with van der Waals surface area (Å²) in [5, 5.41) is 3.14. The SMILES string of the molecule is O=C(NCC1CC=CCC1)C1CC1c1ccc(Br)cc1. The molecule has 1 aromatic rings. The molecule has 1 N–H and O–H groups in total. The number of halogens is 1. The Bertz CT molecular complexity index is 508. The summed E-state index contributed by atoms with van der Waals surface area (Å²) in [6, 6.07) is 8.34. The van der Waals surface area contributed by atoms with Gasteiger partial charge in [0.1, 0.15) is 0 Å². The van der Waals surface area contributed by atoms with Crippen molar-refractivity contribution in [1.82, 2.24) is 5.32 Å². The van der Waals surface area contributed by atoms with Crippen LogP contribution in [0.2, 0.25) is 0 Å². The van der Waals surface area contributed by atoms with E-state index < -0.39 is 0 Å². The molecule has 106 valence electrons. The molecule has 0 spiro atoms. The van der Waals surface area contributed by atoms with Gasteiger partial charge in [-0.3, -0.25) is 4.79 Å². The normalized spacial score (nSPS) is 28.1. The first-order chi connectivity index (χ1) is 9.74. The summed E-state index contributed by atoms with van der Waals surface area (Å²) in [4.78, 5) is 12.2. The zero-order valence-corrected chi connectivity index (χ0v) is 13.1. The Balaban J connectivity index is 1.47. The highest BCUT2D eigenvalue weighted by atomic mass is 79.9. The van der Waals surface area contributed by atoms with Gasteiger partial charge in [0.15, 0.2) is 0 Å². The van der Waals surface area contributed by atoms with Crippen LogP contribution in [-0.4, -0.2) is 12.5 Å². The Morgan fingerprint density at radius 1 is 1.25 bits per heavy atom. The zero-order valence-electron chi connectivity index (χ0n) is 11.5. The number of hydrogen-bond acceptors (Lipinski definition) is 1. The van der Waals surface area contributed by atoms with Crippen molar-refractivity contribution in [2.75, 3.05) is 6.54 Å². The van der Waals surface area contributed by atoms with Crippen molar-refractivity contribution >= 4 is 21.8 Å². The van der Waals surface area contributed by atoms with Crippen LogP contribution in [0.4, 0.5) is 0 Å². The molecular formula is C17H20BrNO. The maximum atomic E-state index is 12.2. The van der Waals surface area contributed by atoms with E-state index in [0.717, 1.165) is 30.3 Å². The number of benzene rings is 1. The van der Waals surface area contributed by atoms with Gasteiger partial charge in [0.25, 0.3) is 0 Å². The number of carbonyl (C=O) groups excluding carboxylic acids is 1. The van der Waals surface area contributed by atoms with Crippen LogP contribution < -0.4 is 5.32 Å². The molecule has 1 saturated carbocycles. The number of allylic oxidation sites excluding steroid dienone is 2. The van der Waals surface area contributed by atoms with Gasteiger partial charge >= 0.3 is 0 Å². The van der Waals surface area contributed by atoms with Crippen LogP contribution in [0, 0.1) is 11.8 Å². The monoisotopic (exact) mass is 333 g/mol. The molecule has 2 aliphatic carbocycles. The van der Waals surface area contributed by atoms with Crippen LogP contribution in [0.15, 0.2) is 40.9 Å². The molecule has 0 saturated heterocycles. The Morgan fingerprint density at radius 3 is 2.75 bits per heavy atom. The van der Waals surface area contributed by atoms with E-state index in [-0.39, 0.29) is 11.8 Å². The van der Waals surface area contributed by atoms with E-state index in [1.165, 1.54) is 12.0 Å². The van der Waals surface area contributed by atoms with Crippen molar-refractivity contribution < 1.29 is 4.79 Å². The molecule has 2 aliphatic rings. The first-order valence-corrected chi connectivity index (χ1v) is 8.21. The molecule has 0 radical (unpaired) electrons. The van der Waals surface area contributed by atoms with Crippen LogP contribution in [0.1, 0.15) is 37.2 Å². The van der Waals surface area contributed by atoms with Crippen molar-refractivity contribution in [2.45, 2.75) is 31.6 Å². The van der Waals surface area contributed by atoms with Crippen molar-refractivity contribution in [3.63, 3.8) is 0 Å². The van der Waals surface area contributed by atoms with Gasteiger partial charge < -0.3 is 5.32 Å². The van der Waals surface area contributed by atoms with E-state index in [9.17, 15) is 4.79 Å². The predicted octanol–water partition coefficient (Wildman–Crippen LogP) is 4.03. The summed E-state index contributed by atoms with van der Waals surface area (Å²) >= 11 is 3.44. The predicted molar refractivity (Wildman–Crippen MR) is 84.5 cm³/mol. The summed E-state index contributed by atoms with van der Waals surface area (Å²) in [7, 11) is 0. The van der Waals surface area contributed by atoms with E-state index in [0.29, 0.717) is 11.8 Å². The van der Waals surface area contributed by atoms with Crippen LogP contribution in [0.25, 0.3) is 0 Å². The lowest BCUT2D eigenvalue weighted by Gasteiger charge is -2.18. The van der Waals surface area contributed by atoms with E-state index in [4.69, 9.17) is 0 Å². The third-order valence-electron chi connectivity index (χ3n) is 4.37. The fourth-order valence-corrected chi connectivity index (χ4v) is 3.25. The Labute approximate surface area is 128 Å². The van der Waals surface area contributed by atoms with E-state index >= 15 is 0 Å². The number of rotatable bonds is 4. The second-order valence-corrected chi connectivity index (χ2v) is 6.81. The molecule has 0 aliphatic heterocycles. The van der Waals surface area contributed by atoms with Crippen molar-refractivity contribution in [2.24, 2.45) is 11.8 Å². The molecule has 0 heterocycles. The van der Waals surface area contributed by atoms with E-state index in [1.807, 2.05) is 0 Å². The number of amides is 1. The Morgan fingerprint density at radius 2 is 2.05 bits per heavy atom. The third-order valence-corrected chi connectivity index (χ3v) is 4.90. The molecular weight excluding hydrogens is 314 g/mol. The van der Waals surface area contributed by atoms with Gasteiger partial charge in [-0.2, -0.15) is 0 Å². The number of hydrogen-bond donors (Lipinski definition) is 1. The molecule has 0 bridgehead atoms. The fraction of sp³-hybridized carbons (Fsp3) is 0.471. The van der Waals surface area contributed by atoms with E-state index in [2.05, 4.69) is 57.7 Å². The molecule has 3 unspecified atom stereocenters. The van der Waals surface area contributed by atoms with Crippen molar-refractivity contribution in [3.05, 3.63) is 46.5 Å². The molecule has 1 aromatic carbocycles. The zero-order chi connectivity index (χ0) is 13.9. The van der Waals surface area contributed by atoms with Crippen molar-refractivity contribution in [1.29, 1.82) is 0 Å². The number of carbonyl (C=O) groups is 1. The van der Waals surface area contributed by atoms with Gasteiger partial charge in [-0.05, 0) is 55.2 Å². The molecule has 1 amide bonds. The highest BCUT2D eigenvalue weighted by molar-refractivity contribution is 9.10. The standard InChI is InChI=1S/C17H20BrNO/c18-14-8-6-13(7-9-14)15-10-16(15)17(20)19-11-12-4-2-1-3-5-12/h1-2,6-9,12,15-16H,3-5,10-11H2,(H,19,20). The van der Waals surface area contributed by atoms with Gasteiger partial charge in [0.05, 0.1) is 0 Å². The molecule has 2 nitrogen and oxygen atoms in total. The molecule has 3 atom stereocenters. The lowest BCUT2D eigenvalue weighted by atomic mass is 9.94. The van der Waals surface area contributed by atoms with Gasteiger partial charge in [0, 0.05) is 16.9 Å². The molecule has 3 rings (SSSR count). The first kappa shape index (κ1) is 13.9. The maximum Gasteiger partial charge on any atom is 0.223 e. The van der Waals surface area contributed by atoms with Crippen LogP contribution in [0.5, 0.6) is 0 Å². The summed E-state index contributed by atoms with van der Waals surface area (Å²) in [5.41, 5.74) is 1.29. The lowest BCUT2D eigenvalue weighted by Crippen LogP contribution is -2.31. The smallest absolute Gasteiger partial charge is 0.223 e. The van der Waals surface area contributed by atoms with Gasteiger partial charge in [-0.1, -0.05) is 40.2 Å². The first-order valence-electron chi connectivity index (χ1n) is 7.42. The third kappa shape index (κ3) is 3.32. The molecule has 1 fully saturated rings. The molecule has 3 heteroatoms. The van der Waals surface area contributed by atoms with Gasteiger partial charge in [0.2, 0.25) is 5.91 Å². The molecule has 20 heavy (non-hydrogen) atoms. The van der Waals surface area contributed by atoms with Crippen LogP contribution in [-0.2, 0) is 4.79 Å².